The van der Waals surface area contributed by atoms with Crippen LogP contribution in [0.4, 0.5) is 5.69 Å². The summed E-state index contributed by atoms with van der Waals surface area (Å²) < 4.78 is 30.7. The van der Waals surface area contributed by atoms with Crippen molar-refractivity contribution in [1.82, 2.24) is 5.01 Å². The van der Waals surface area contributed by atoms with E-state index in [9.17, 15) is 18.0 Å². The van der Waals surface area contributed by atoms with Crippen molar-refractivity contribution >= 4 is 33.3 Å². The third-order valence-electron chi connectivity index (χ3n) is 4.09. The first-order valence-corrected chi connectivity index (χ1v) is 10.3. The molecule has 9 nitrogen and oxygen atoms in total. The number of carbonyl (C=O) groups is 2. The smallest absolute Gasteiger partial charge is 0.303 e. The van der Waals surface area contributed by atoms with Gasteiger partial charge in [0, 0.05) is 18.5 Å². The van der Waals surface area contributed by atoms with Crippen molar-refractivity contribution in [3.05, 3.63) is 54.0 Å². The Bertz CT molecular complexity index is 1010. The Labute approximate surface area is 161 Å². The van der Waals surface area contributed by atoms with Gasteiger partial charge in [-0.3, -0.25) is 14.3 Å². The minimum absolute atomic E-state index is 0.182. The van der Waals surface area contributed by atoms with Crippen molar-refractivity contribution in [3.63, 3.8) is 0 Å². The topological polar surface area (TPSA) is 129 Å². The molecule has 3 rings (SSSR count). The molecule has 1 aromatic heterocycles. The average Bonchev–Trinajstić information content (AvgIpc) is 3.27. The zero-order chi connectivity index (χ0) is 20.3. The lowest BCUT2D eigenvalue weighted by Gasteiger charge is -2.19. The van der Waals surface area contributed by atoms with E-state index in [0.29, 0.717) is 29.1 Å². The fourth-order valence-corrected chi connectivity index (χ4v) is 3.48. The number of anilines is 1. The Morgan fingerprint density at radius 1 is 1.29 bits per heavy atom. The van der Waals surface area contributed by atoms with Crippen molar-refractivity contribution in [2.75, 3.05) is 11.0 Å². The monoisotopic (exact) mass is 405 g/mol. The number of hydrogen-bond donors (Lipinski definition) is 2. The molecule has 10 heteroatoms. The second-order valence-electron chi connectivity index (χ2n) is 6.37. The quantitative estimate of drug-likeness (QED) is 0.726. The Morgan fingerprint density at radius 3 is 2.71 bits per heavy atom. The number of sulfonamides is 1. The molecule has 1 aromatic carbocycles. The number of nitrogens with zero attached hydrogens (tertiary/aromatic N) is 2. The SMILES string of the molecule is CS(=O)(=O)Nc1cccc(C2=NN(C(=O)CCC(=O)O)[C@H](c3ccco3)C2)c1. The van der Waals surface area contributed by atoms with E-state index in [4.69, 9.17) is 9.52 Å². The highest BCUT2D eigenvalue weighted by Gasteiger charge is 2.34. The molecular formula is C18H19N3O6S. The number of aliphatic carboxylic acids is 1. The van der Waals surface area contributed by atoms with Gasteiger partial charge in [-0.2, -0.15) is 5.10 Å². The second kappa shape index (κ2) is 7.85. The first kappa shape index (κ1) is 19.6. The number of furan rings is 1. The highest BCUT2D eigenvalue weighted by atomic mass is 32.2. The van der Waals surface area contributed by atoms with E-state index < -0.39 is 27.9 Å². The third-order valence-corrected chi connectivity index (χ3v) is 4.70. The van der Waals surface area contributed by atoms with Crippen LogP contribution in [-0.4, -0.2) is 42.4 Å². The maximum Gasteiger partial charge on any atom is 0.303 e. The Balaban J connectivity index is 1.89. The molecule has 148 valence electrons. The molecule has 0 bridgehead atoms. The first-order valence-electron chi connectivity index (χ1n) is 8.46. The van der Waals surface area contributed by atoms with Crippen LogP contribution in [-0.2, 0) is 19.6 Å². The number of benzene rings is 1. The van der Waals surface area contributed by atoms with Gasteiger partial charge in [-0.1, -0.05) is 12.1 Å². The minimum atomic E-state index is -3.43. The minimum Gasteiger partial charge on any atom is -0.481 e. The summed E-state index contributed by atoms with van der Waals surface area (Å²) in [4.78, 5) is 23.3. The van der Waals surface area contributed by atoms with Crippen LogP contribution < -0.4 is 4.72 Å². The van der Waals surface area contributed by atoms with Crippen LogP contribution in [0.25, 0.3) is 0 Å². The van der Waals surface area contributed by atoms with Crippen LogP contribution in [0.2, 0.25) is 0 Å². The summed E-state index contributed by atoms with van der Waals surface area (Å²) in [6, 6.07) is 9.62. The predicted octanol–water partition coefficient (Wildman–Crippen LogP) is 2.19. The highest BCUT2D eigenvalue weighted by molar-refractivity contribution is 7.92. The molecule has 1 aliphatic rings. The van der Waals surface area contributed by atoms with Gasteiger partial charge in [-0.25, -0.2) is 13.4 Å². The van der Waals surface area contributed by atoms with E-state index in [1.165, 1.54) is 11.3 Å². The summed E-state index contributed by atoms with van der Waals surface area (Å²) in [5, 5.41) is 14.5. The molecule has 1 amide bonds. The van der Waals surface area contributed by atoms with Crippen molar-refractivity contribution in [1.29, 1.82) is 0 Å². The molecule has 0 aliphatic carbocycles. The van der Waals surface area contributed by atoms with Crippen LogP contribution in [0.5, 0.6) is 0 Å². The number of hydrazone groups is 1. The molecule has 2 N–H and O–H groups in total. The Kier molecular flexibility index (Phi) is 5.50. The molecule has 0 radical (unpaired) electrons. The van der Waals surface area contributed by atoms with Gasteiger partial charge >= 0.3 is 5.97 Å². The number of amides is 1. The van der Waals surface area contributed by atoms with E-state index in [0.717, 1.165) is 6.26 Å². The molecule has 0 saturated heterocycles. The van der Waals surface area contributed by atoms with Crippen molar-refractivity contribution in [2.24, 2.45) is 5.10 Å². The van der Waals surface area contributed by atoms with Crippen LogP contribution in [0.15, 0.2) is 52.2 Å². The number of carbonyl (C=O) groups excluding carboxylic acids is 1. The van der Waals surface area contributed by atoms with Gasteiger partial charge in [0.15, 0.2) is 0 Å². The first-order chi connectivity index (χ1) is 13.2. The summed E-state index contributed by atoms with van der Waals surface area (Å²) in [7, 11) is -3.43. The van der Waals surface area contributed by atoms with Gasteiger partial charge in [0.2, 0.25) is 15.9 Å². The number of carboxylic acid groups (broad SMARTS) is 1. The van der Waals surface area contributed by atoms with E-state index in [2.05, 4.69) is 9.82 Å². The summed E-state index contributed by atoms with van der Waals surface area (Å²) >= 11 is 0. The normalized spacial score (nSPS) is 16.7. The maximum atomic E-state index is 12.5. The molecule has 2 aromatic rings. The van der Waals surface area contributed by atoms with E-state index in [1.54, 1.807) is 36.4 Å². The largest absolute Gasteiger partial charge is 0.481 e. The van der Waals surface area contributed by atoms with Crippen LogP contribution in [0.1, 0.15) is 36.6 Å². The molecule has 0 spiro atoms. The van der Waals surface area contributed by atoms with Crippen molar-refractivity contribution in [3.8, 4) is 0 Å². The summed E-state index contributed by atoms with van der Waals surface area (Å²) in [5.41, 5.74) is 1.61. The van der Waals surface area contributed by atoms with Gasteiger partial charge in [0.05, 0.1) is 24.7 Å². The predicted molar refractivity (Wildman–Crippen MR) is 101 cm³/mol. The zero-order valence-electron chi connectivity index (χ0n) is 15.0. The molecule has 0 fully saturated rings. The van der Waals surface area contributed by atoms with E-state index in [1.807, 2.05) is 0 Å². The standard InChI is InChI=1S/C18H19N3O6S/c1-28(25,26)20-13-5-2-4-12(10-13)14-11-15(16-6-3-9-27-16)21(19-14)17(22)7-8-18(23)24/h2-6,9-10,15,20H,7-8,11H2,1H3,(H,23,24)/t15-/m0/s1. The third kappa shape index (κ3) is 4.77. The molecule has 1 atom stereocenters. The lowest BCUT2D eigenvalue weighted by Crippen LogP contribution is -2.27. The van der Waals surface area contributed by atoms with E-state index >= 15 is 0 Å². The number of rotatable bonds is 7. The number of hydrogen-bond acceptors (Lipinski definition) is 6. The van der Waals surface area contributed by atoms with Gasteiger partial charge in [-0.15, -0.1) is 0 Å². The maximum absolute atomic E-state index is 12.5. The van der Waals surface area contributed by atoms with Crippen molar-refractivity contribution in [2.45, 2.75) is 25.3 Å². The van der Waals surface area contributed by atoms with E-state index in [-0.39, 0.29) is 12.8 Å². The number of carboxylic acids is 1. The van der Waals surface area contributed by atoms with Crippen LogP contribution in [0, 0.1) is 0 Å². The lowest BCUT2D eigenvalue weighted by atomic mass is 10.0. The fourth-order valence-electron chi connectivity index (χ4n) is 2.92. The highest BCUT2D eigenvalue weighted by Crippen LogP contribution is 2.34. The zero-order valence-corrected chi connectivity index (χ0v) is 15.8. The summed E-state index contributed by atoms with van der Waals surface area (Å²) in [6.45, 7) is 0. The van der Waals surface area contributed by atoms with Crippen molar-refractivity contribution < 1.29 is 27.5 Å². The summed E-state index contributed by atoms with van der Waals surface area (Å²) in [5.74, 6) is -0.956. The van der Waals surface area contributed by atoms with Crippen LogP contribution in [0.3, 0.4) is 0 Å². The average molecular weight is 405 g/mol. The van der Waals surface area contributed by atoms with Gasteiger partial charge in [0.1, 0.15) is 11.8 Å². The second-order valence-corrected chi connectivity index (χ2v) is 8.12. The molecule has 0 unspecified atom stereocenters. The number of nitrogens with one attached hydrogen (secondary N) is 1. The molecular weight excluding hydrogens is 386 g/mol. The Hall–Kier alpha value is -3.14. The Morgan fingerprint density at radius 2 is 2.07 bits per heavy atom. The van der Waals surface area contributed by atoms with Gasteiger partial charge in [-0.05, 0) is 29.8 Å². The lowest BCUT2D eigenvalue weighted by molar-refractivity contribution is -0.141. The van der Waals surface area contributed by atoms with Gasteiger partial charge in [0.25, 0.3) is 0 Å². The molecule has 2 heterocycles. The fraction of sp³-hybridized carbons (Fsp3) is 0.278. The molecule has 1 aliphatic heterocycles. The van der Waals surface area contributed by atoms with Crippen LogP contribution >= 0.6 is 0 Å². The summed E-state index contributed by atoms with van der Waals surface area (Å²) in [6.07, 6.45) is 2.43. The molecule has 0 saturated carbocycles. The van der Waals surface area contributed by atoms with Gasteiger partial charge < -0.3 is 9.52 Å². The molecule has 28 heavy (non-hydrogen) atoms.